The lowest BCUT2D eigenvalue weighted by molar-refractivity contribution is -0.385. The summed E-state index contributed by atoms with van der Waals surface area (Å²) in [4.78, 5) is 0. The van der Waals surface area contributed by atoms with Crippen LogP contribution in [0.25, 0.3) is 0 Å². The molecule has 0 amide bonds. The molecule has 6 unspecified atom stereocenters. The molecule has 6 heterocycles. The monoisotopic (exact) mass is 1150 g/mol. The maximum atomic E-state index is 11.5. The van der Waals surface area contributed by atoms with Crippen LogP contribution >= 0.6 is 0 Å². The molecule has 6 rings (SSSR count). The van der Waals surface area contributed by atoms with E-state index in [-0.39, 0.29) is 0 Å². The van der Waals surface area contributed by atoms with E-state index >= 15 is 0 Å². The molecule has 0 bridgehead atoms. The third kappa shape index (κ3) is 14.2. The first kappa shape index (κ1) is 65.7. The zero-order chi connectivity index (χ0) is 57.8. The summed E-state index contributed by atoms with van der Waals surface area (Å²) in [5.74, 6) is 0. The second-order valence-corrected chi connectivity index (χ2v) is 19.4. The van der Waals surface area contributed by atoms with Crippen LogP contribution in [0.3, 0.4) is 0 Å². The van der Waals surface area contributed by atoms with E-state index in [0.717, 1.165) is 0 Å². The van der Waals surface area contributed by atoms with Gasteiger partial charge in [-0.25, -0.2) is 0 Å². The average molecular weight is 1160 g/mol. The van der Waals surface area contributed by atoms with Crippen LogP contribution in [0.5, 0.6) is 0 Å². The standard InChI is InChI=1S/C42H74O36/c43-1-9-17(49)23(55)29(61)37(69-9)67-7-15(75-39-31(63)25(57)19(51)11(3-45)71-39)35(77-41-33(65)27(59)21(53)13(5-47)73-41)36(78-42-34(66)28(60)22(54)14(6-48)74-42)16(76-40-32(64)26(58)20(52)12(4-46)72-40)8-68-38-30(62)24(56)18(50)10(2-44)70-38/h9-66H,1-8H2/t9-,10-,11-,12-,13-,14-,15-,16+,17-,18-,19-,20-,21-,22-,23+,24+,25+,26+,27+,28+,29-,30-,31-,32-,33-,34-,35-,36-,37?,38?,39?,40?,41?,42?/m1/s1. The quantitative estimate of drug-likeness (QED) is 0.0452. The van der Waals surface area contributed by atoms with E-state index in [0.29, 0.717) is 0 Å². The fourth-order valence-corrected chi connectivity index (χ4v) is 9.34. The molecule has 6 fully saturated rings. The molecule has 458 valence electrons. The van der Waals surface area contributed by atoms with E-state index in [9.17, 15) is 123 Å². The highest BCUT2D eigenvalue weighted by atomic mass is 16.8. The number of hydrogen-bond donors (Lipinski definition) is 24. The number of aliphatic hydroxyl groups is 24. The van der Waals surface area contributed by atoms with Crippen molar-refractivity contribution in [2.75, 3.05) is 52.9 Å². The third-order valence-corrected chi connectivity index (χ3v) is 14.2. The number of rotatable bonds is 23. The Balaban J connectivity index is 1.58. The Morgan fingerprint density at radius 1 is 0.231 bits per heavy atom. The predicted molar refractivity (Wildman–Crippen MR) is 234 cm³/mol. The van der Waals surface area contributed by atoms with Gasteiger partial charge in [-0.2, -0.15) is 0 Å². The highest BCUT2D eigenvalue weighted by molar-refractivity contribution is 4.99. The van der Waals surface area contributed by atoms with E-state index in [4.69, 9.17) is 56.8 Å². The summed E-state index contributed by atoms with van der Waals surface area (Å²) in [5.41, 5.74) is 0. The van der Waals surface area contributed by atoms with Gasteiger partial charge in [0.1, 0.15) is 171 Å². The number of aliphatic hydroxyl groups excluding tert-OH is 24. The molecule has 0 aromatic carbocycles. The van der Waals surface area contributed by atoms with Crippen LogP contribution in [0.4, 0.5) is 0 Å². The normalized spacial score (nSPS) is 49.2. The molecular formula is C42H74O36. The van der Waals surface area contributed by atoms with Crippen molar-refractivity contribution in [2.45, 2.75) is 209 Å². The highest BCUT2D eigenvalue weighted by Crippen LogP contribution is 2.36. The van der Waals surface area contributed by atoms with Crippen molar-refractivity contribution in [2.24, 2.45) is 0 Å². The van der Waals surface area contributed by atoms with Crippen LogP contribution < -0.4 is 0 Å². The van der Waals surface area contributed by atoms with Gasteiger partial charge in [0.2, 0.25) is 0 Å². The Bertz CT molecular complexity index is 1630. The Morgan fingerprint density at radius 3 is 0.615 bits per heavy atom. The first-order valence-corrected chi connectivity index (χ1v) is 24.6. The van der Waals surface area contributed by atoms with Crippen molar-refractivity contribution >= 4 is 0 Å². The molecule has 24 N–H and O–H groups in total. The largest absolute Gasteiger partial charge is 0.394 e. The van der Waals surface area contributed by atoms with Crippen LogP contribution in [-0.2, 0) is 56.8 Å². The zero-order valence-corrected chi connectivity index (χ0v) is 40.9. The molecule has 0 saturated carbocycles. The van der Waals surface area contributed by atoms with E-state index in [1.54, 1.807) is 0 Å². The van der Waals surface area contributed by atoms with E-state index in [1.165, 1.54) is 0 Å². The van der Waals surface area contributed by atoms with Crippen molar-refractivity contribution in [1.82, 2.24) is 0 Å². The molecule has 6 saturated heterocycles. The Labute approximate surface area is 440 Å². The summed E-state index contributed by atoms with van der Waals surface area (Å²) >= 11 is 0. The lowest BCUT2D eigenvalue weighted by atomic mass is 9.96. The van der Waals surface area contributed by atoms with Crippen molar-refractivity contribution in [3.05, 3.63) is 0 Å². The highest BCUT2D eigenvalue weighted by Gasteiger charge is 2.56. The van der Waals surface area contributed by atoms with Crippen molar-refractivity contribution < 1.29 is 179 Å². The van der Waals surface area contributed by atoms with Gasteiger partial charge < -0.3 is 179 Å². The number of ether oxygens (including phenoxy) is 12. The summed E-state index contributed by atoms with van der Waals surface area (Å²) in [7, 11) is 0. The van der Waals surface area contributed by atoms with E-state index in [1.807, 2.05) is 0 Å². The topological polar surface area (TPSA) is 596 Å². The number of hydrogen-bond acceptors (Lipinski definition) is 36. The van der Waals surface area contributed by atoms with Crippen molar-refractivity contribution in [3.8, 4) is 0 Å². The molecule has 0 aromatic rings. The second-order valence-electron chi connectivity index (χ2n) is 19.4. The minimum Gasteiger partial charge on any atom is -0.394 e. The third-order valence-electron chi connectivity index (χ3n) is 14.2. The SMILES string of the molecule is OC[C@H]1OC(OC[C@H](OC2O[C@H](CO)[C@@H](O)[C@H](O)[C@H]2O)[C@@H](OC2O[C@H](CO)[C@@H](O)[C@H](O)[C@H]2O)[C@H](OC2O[C@H](CO)[C@@H](O)[C@H](O)[C@H]2O)[C@@H](COC2O[C@H](CO)[C@@H](O)[C@H](O)[C@H]2O)OC2O[C@H](CO)[C@@H](O)[C@H](O)[C@H]2O)[C@H](O)[C@@H](O)[C@@H]1O. The molecule has 0 radical (unpaired) electrons. The molecule has 6 aliphatic heterocycles. The Hall–Kier alpha value is -1.44. The summed E-state index contributed by atoms with van der Waals surface area (Å²) in [6.07, 6.45) is -74.5. The molecule has 78 heavy (non-hydrogen) atoms. The Kier molecular flexibility index (Phi) is 24.3. The molecule has 0 aromatic heterocycles. The molecule has 6 aliphatic rings. The van der Waals surface area contributed by atoms with Crippen LogP contribution in [0.15, 0.2) is 0 Å². The van der Waals surface area contributed by atoms with Crippen LogP contribution in [0.2, 0.25) is 0 Å². The van der Waals surface area contributed by atoms with Crippen LogP contribution in [0.1, 0.15) is 0 Å². The minimum absolute atomic E-state index is 1.03. The van der Waals surface area contributed by atoms with Gasteiger partial charge in [-0.3, -0.25) is 0 Å². The maximum Gasteiger partial charge on any atom is 0.187 e. The van der Waals surface area contributed by atoms with E-state index < -0.39 is 262 Å². The van der Waals surface area contributed by atoms with Gasteiger partial charge in [0, 0.05) is 0 Å². The fourth-order valence-electron chi connectivity index (χ4n) is 9.34. The van der Waals surface area contributed by atoms with Gasteiger partial charge in [0.05, 0.1) is 52.9 Å². The smallest absolute Gasteiger partial charge is 0.187 e. The Morgan fingerprint density at radius 2 is 0.410 bits per heavy atom. The maximum absolute atomic E-state index is 11.5. The van der Waals surface area contributed by atoms with Gasteiger partial charge in [-0.05, 0) is 0 Å². The average Bonchev–Trinajstić information content (AvgIpc) is 3.46. The summed E-state index contributed by atoms with van der Waals surface area (Å²) in [6.45, 7) is -9.19. The predicted octanol–water partition coefficient (Wildman–Crippen LogP) is -16.6. The van der Waals surface area contributed by atoms with Gasteiger partial charge >= 0.3 is 0 Å². The van der Waals surface area contributed by atoms with Gasteiger partial charge in [0.25, 0.3) is 0 Å². The lowest BCUT2D eigenvalue weighted by Crippen LogP contribution is -2.66. The van der Waals surface area contributed by atoms with Crippen molar-refractivity contribution in [3.63, 3.8) is 0 Å². The van der Waals surface area contributed by atoms with Gasteiger partial charge in [-0.15, -0.1) is 0 Å². The fraction of sp³-hybridized carbons (Fsp3) is 1.00. The summed E-state index contributed by atoms with van der Waals surface area (Å²) in [6, 6.07) is 0. The lowest BCUT2D eigenvalue weighted by Gasteiger charge is -2.48. The molecule has 36 heteroatoms. The van der Waals surface area contributed by atoms with Crippen molar-refractivity contribution in [1.29, 1.82) is 0 Å². The first-order valence-electron chi connectivity index (χ1n) is 24.6. The summed E-state index contributed by atoms with van der Waals surface area (Å²) < 4.78 is 69.8. The van der Waals surface area contributed by atoms with E-state index in [2.05, 4.69) is 0 Å². The molecule has 0 aliphatic carbocycles. The minimum atomic E-state index is -2.61. The van der Waals surface area contributed by atoms with Gasteiger partial charge in [0.15, 0.2) is 37.7 Å². The first-order chi connectivity index (χ1) is 36.9. The molecule has 36 nitrogen and oxygen atoms in total. The van der Waals surface area contributed by atoms with Crippen LogP contribution in [-0.4, -0.2) is 384 Å². The van der Waals surface area contributed by atoms with Gasteiger partial charge in [-0.1, -0.05) is 0 Å². The molecular weight excluding hydrogens is 1080 g/mol. The summed E-state index contributed by atoms with van der Waals surface area (Å²) in [5, 5.41) is 257. The molecule has 0 spiro atoms. The zero-order valence-electron chi connectivity index (χ0n) is 40.9. The van der Waals surface area contributed by atoms with Crippen LogP contribution in [0, 0.1) is 0 Å². The molecule has 34 atom stereocenters. The second kappa shape index (κ2) is 28.9.